The maximum Gasteiger partial charge on any atom is 0.413 e. The monoisotopic (exact) mass is 366 g/mol. The maximum absolute atomic E-state index is 12.4. The summed E-state index contributed by atoms with van der Waals surface area (Å²) in [6.07, 6.45) is 2.35. The van der Waals surface area contributed by atoms with E-state index in [4.69, 9.17) is 4.74 Å². The zero-order valence-corrected chi connectivity index (χ0v) is 14.9. The molecule has 0 radical (unpaired) electrons. The predicted molar refractivity (Wildman–Crippen MR) is 101 cm³/mol. The average molecular weight is 366 g/mol. The number of hydrogen-bond acceptors (Lipinski definition) is 5. The third-order valence-corrected chi connectivity index (χ3v) is 3.91. The van der Waals surface area contributed by atoms with Gasteiger partial charge in [0.15, 0.2) is 0 Å². The molecule has 0 atom stereocenters. The van der Waals surface area contributed by atoms with Gasteiger partial charge in [0.25, 0.3) is 11.5 Å². The molecule has 0 saturated carbocycles. The van der Waals surface area contributed by atoms with Crippen molar-refractivity contribution in [1.82, 2.24) is 9.38 Å². The van der Waals surface area contributed by atoms with Gasteiger partial charge in [0.1, 0.15) is 11.2 Å². The summed E-state index contributed by atoms with van der Waals surface area (Å²) < 4.78 is 6.24. The van der Waals surface area contributed by atoms with Crippen molar-refractivity contribution in [3.8, 4) is 0 Å². The lowest BCUT2D eigenvalue weighted by atomic mass is 10.2. The number of rotatable bonds is 4. The number of ether oxygens (including phenoxy) is 1. The van der Waals surface area contributed by atoms with Crippen molar-refractivity contribution >= 4 is 29.0 Å². The Morgan fingerprint density at radius 2 is 1.93 bits per heavy atom. The first-order valence-corrected chi connectivity index (χ1v) is 8.29. The van der Waals surface area contributed by atoms with E-state index in [0.717, 1.165) is 0 Å². The second kappa shape index (κ2) is 7.69. The van der Waals surface area contributed by atoms with Crippen LogP contribution in [0.3, 0.4) is 0 Å². The van der Waals surface area contributed by atoms with Gasteiger partial charge in [-0.25, -0.2) is 9.78 Å². The molecule has 0 aliphatic rings. The van der Waals surface area contributed by atoms with E-state index >= 15 is 0 Å². The summed E-state index contributed by atoms with van der Waals surface area (Å²) in [5, 5.41) is 2.66. The predicted octanol–water partition coefficient (Wildman–Crippen LogP) is 2.54. The third kappa shape index (κ3) is 3.79. The molecule has 0 fully saturated rings. The standard InChI is InChI=1S/C19H18N4O4/c1-3-27-19(26)22(2)14-9-7-13(8-10-14)21-17(24)15-12-20-16-6-4-5-11-23(16)18(15)25/h4-12H,3H2,1-2H3,(H,21,24). The molecule has 3 aromatic rings. The summed E-state index contributed by atoms with van der Waals surface area (Å²) in [6.45, 7) is 2.02. The summed E-state index contributed by atoms with van der Waals surface area (Å²) in [6, 6.07) is 11.7. The van der Waals surface area contributed by atoms with Crippen molar-refractivity contribution in [1.29, 1.82) is 0 Å². The molecule has 0 aliphatic heterocycles. The average Bonchev–Trinajstić information content (AvgIpc) is 2.68. The van der Waals surface area contributed by atoms with Gasteiger partial charge in [-0.05, 0) is 43.3 Å². The van der Waals surface area contributed by atoms with E-state index in [9.17, 15) is 14.4 Å². The normalized spacial score (nSPS) is 10.4. The molecule has 0 saturated heterocycles. The van der Waals surface area contributed by atoms with Gasteiger partial charge in [0.2, 0.25) is 0 Å². The fourth-order valence-electron chi connectivity index (χ4n) is 2.47. The number of carbonyl (C=O) groups is 2. The van der Waals surface area contributed by atoms with Crippen molar-refractivity contribution in [3.05, 3.63) is 70.8 Å². The van der Waals surface area contributed by atoms with Crippen LogP contribution in [0.4, 0.5) is 16.2 Å². The largest absolute Gasteiger partial charge is 0.449 e. The number of nitrogens with one attached hydrogen (secondary N) is 1. The number of pyridine rings is 1. The lowest BCUT2D eigenvalue weighted by Crippen LogP contribution is -2.27. The lowest BCUT2D eigenvalue weighted by molar-refractivity contribution is 0.102. The molecule has 8 nitrogen and oxygen atoms in total. The van der Waals surface area contributed by atoms with Gasteiger partial charge < -0.3 is 10.1 Å². The van der Waals surface area contributed by atoms with Gasteiger partial charge in [-0.1, -0.05) is 6.07 Å². The quantitative estimate of drug-likeness (QED) is 0.766. The highest BCUT2D eigenvalue weighted by Crippen LogP contribution is 2.18. The number of carbonyl (C=O) groups excluding carboxylic acids is 2. The Morgan fingerprint density at radius 1 is 1.19 bits per heavy atom. The highest BCUT2D eigenvalue weighted by Gasteiger charge is 2.15. The number of aromatic nitrogens is 2. The van der Waals surface area contributed by atoms with Crippen molar-refractivity contribution in [3.63, 3.8) is 0 Å². The fraction of sp³-hybridized carbons (Fsp3) is 0.158. The highest BCUT2D eigenvalue weighted by atomic mass is 16.6. The molecule has 0 unspecified atom stereocenters. The molecule has 2 aromatic heterocycles. The first kappa shape index (κ1) is 18.1. The molecule has 138 valence electrons. The maximum atomic E-state index is 12.4. The van der Waals surface area contributed by atoms with Gasteiger partial charge in [-0.3, -0.25) is 18.9 Å². The molecule has 2 amide bonds. The Morgan fingerprint density at radius 3 is 2.63 bits per heavy atom. The Bertz CT molecular complexity index is 1040. The number of hydrogen-bond donors (Lipinski definition) is 1. The summed E-state index contributed by atoms with van der Waals surface area (Å²) in [7, 11) is 1.59. The topological polar surface area (TPSA) is 93.0 Å². The van der Waals surface area contributed by atoms with Crippen molar-refractivity contribution in [2.24, 2.45) is 0 Å². The molecule has 8 heteroatoms. The van der Waals surface area contributed by atoms with Crippen molar-refractivity contribution < 1.29 is 14.3 Å². The Labute approximate surface area is 155 Å². The summed E-state index contributed by atoms with van der Waals surface area (Å²) >= 11 is 0. The summed E-state index contributed by atoms with van der Waals surface area (Å²) in [5.74, 6) is -0.558. The van der Waals surface area contributed by atoms with Gasteiger partial charge >= 0.3 is 6.09 Å². The van der Waals surface area contributed by atoms with E-state index in [0.29, 0.717) is 17.0 Å². The van der Waals surface area contributed by atoms with Crippen LogP contribution in [-0.2, 0) is 4.74 Å². The molecule has 3 rings (SSSR count). The van der Waals surface area contributed by atoms with Crippen LogP contribution in [0, 0.1) is 0 Å². The third-order valence-electron chi connectivity index (χ3n) is 3.91. The van der Waals surface area contributed by atoms with E-state index in [1.54, 1.807) is 62.6 Å². The van der Waals surface area contributed by atoms with Crippen molar-refractivity contribution in [2.75, 3.05) is 23.9 Å². The van der Waals surface area contributed by atoms with Gasteiger partial charge in [-0.15, -0.1) is 0 Å². The second-order valence-corrected chi connectivity index (χ2v) is 5.66. The van der Waals surface area contributed by atoms with Crippen LogP contribution < -0.4 is 15.8 Å². The minimum Gasteiger partial charge on any atom is -0.449 e. The molecule has 0 aliphatic carbocycles. The lowest BCUT2D eigenvalue weighted by Gasteiger charge is -2.16. The molecule has 1 N–H and O–H groups in total. The van der Waals surface area contributed by atoms with Crippen LogP contribution in [0.15, 0.2) is 59.7 Å². The van der Waals surface area contributed by atoms with Crippen LogP contribution >= 0.6 is 0 Å². The first-order chi connectivity index (χ1) is 13.0. The van der Waals surface area contributed by atoms with Crippen LogP contribution in [0.2, 0.25) is 0 Å². The zero-order chi connectivity index (χ0) is 19.4. The van der Waals surface area contributed by atoms with Crippen LogP contribution in [0.5, 0.6) is 0 Å². The highest BCUT2D eigenvalue weighted by molar-refractivity contribution is 6.04. The van der Waals surface area contributed by atoms with E-state index < -0.39 is 17.6 Å². The number of amides is 2. The first-order valence-electron chi connectivity index (χ1n) is 8.29. The van der Waals surface area contributed by atoms with Gasteiger partial charge in [0, 0.05) is 30.8 Å². The Hall–Kier alpha value is -3.68. The van der Waals surface area contributed by atoms with E-state index in [2.05, 4.69) is 10.3 Å². The van der Waals surface area contributed by atoms with E-state index in [-0.39, 0.29) is 12.2 Å². The Balaban J connectivity index is 1.78. The van der Waals surface area contributed by atoms with Gasteiger partial charge in [-0.2, -0.15) is 0 Å². The molecule has 2 heterocycles. The molecular weight excluding hydrogens is 348 g/mol. The van der Waals surface area contributed by atoms with Gasteiger partial charge in [0.05, 0.1) is 6.61 Å². The number of nitrogens with zero attached hydrogens (tertiary/aromatic N) is 3. The second-order valence-electron chi connectivity index (χ2n) is 5.66. The molecule has 1 aromatic carbocycles. The van der Waals surface area contributed by atoms with Crippen LogP contribution in [-0.4, -0.2) is 35.0 Å². The van der Waals surface area contributed by atoms with Crippen LogP contribution in [0.1, 0.15) is 17.3 Å². The minimum atomic E-state index is -0.558. The van der Waals surface area contributed by atoms with Crippen LogP contribution in [0.25, 0.3) is 5.65 Å². The number of fused-ring (bicyclic) bond motifs is 1. The summed E-state index contributed by atoms with van der Waals surface area (Å²) in [4.78, 5) is 42.1. The molecular formula is C19H18N4O4. The van der Waals surface area contributed by atoms with E-state index in [1.807, 2.05) is 0 Å². The molecule has 0 spiro atoms. The molecule has 27 heavy (non-hydrogen) atoms. The fourth-order valence-corrected chi connectivity index (χ4v) is 2.47. The summed E-state index contributed by atoms with van der Waals surface area (Å²) in [5.41, 5.74) is 1.05. The smallest absolute Gasteiger partial charge is 0.413 e. The molecule has 0 bridgehead atoms. The van der Waals surface area contributed by atoms with E-state index in [1.165, 1.54) is 15.5 Å². The Kier molecular flexibility index (Phi) is 5.16. The number of benzene rings is 1. The SMILES string of the molecule is CCOC(=O)N(C)c1ccc(NC(=O)c2cnc3ccccn3c2=O)cc1. The number of anilines is 2. The zero-order valence-electron chi connectivity index (χ0n) is 14.9. The minimum absolute atomic E-state index is 0.0635. The van der Waals surface area contributed by atoms with Crippen molar-refractivity contribution in [2.45, 2.75) is 6.92 Å².